The summed E-state index contributed by atoms with van der Waals surface area (Å²) in [5, 5.41) is 27.8. The second-order valence-corrected chi connectivity index (χ2v) is 10.6. The molecule has 2 aliphatic rings. The average Bonchev–Trinajstić information content (AvgIpc) is 3.57. The van der Waals surface area contributed by atoms with Crippen molar-refractivity contribution >= 4 is 39.9 Å². The van der Waals surface area contributed by atoms with Crippen LogP contribution in [0.4, 0.5) is 10.6 Å². The van der Waals surface area contributed by atoms with Gasteiger partial charge >= 0.3 is 6.09 Å². The van der Waals surface area contributed by atoms with E-state index in [9.17, 15) is 19.5 Å². The highest BCUT2D eigenvalue weighted by atomic mass is 32.1. The Balaban J connectivity index is 1.36. The minimum absolute atomic E-state index is 0.0399. The van der Waals surface area contributed by atoms with Crippen molar-refractivity contribution in [2.75, 3.05) is 38.5 Å². The van der Waals surface area contributed by atoms with Gasteiger partial charge in [-0.2, -0.15) is 10.4 Å². The smallest absolute Gasteiger partial charge is 0.407 e. The molecule has 2 saturated heterocycles. The lowest BCUT2D eigenvalue weighted by Gasteiger charge is -2.35. The number of fused-ring (bicyclic) bond motifs is 1. The summed E-state index contributed by atoms with van der Waals surface area (Å²) in [6, 6.07) is 3.48. The average molecular weight is 552 g/mol. The maximum absolute atomic E-state index is 13.6. The molecule has 39 heavy (non-hydrogen) atoms. The van der Waals surface area contributed by atoms with E-state index < -0.39 is 6.09 Å². The number of rotatable bonds is 6. The van der Waals surface area contributed by atoms with E-state index in [2.05, 4.69) is 15.4 Å². The van der Waals surface area contributed by atoms with Crippen LogP contribution in [0.2, 0.25) is 0 Å². The zero-order valence-corrected chi connectivity index (χ0v) is 22.3. The molecule has 2 N–H and O–H groups in total. The molecule has 3 amide bonds. The fraction of sp³-hybridized carbons (Fsp3) is 0.480. The van der Waals surface area contributed by atoms with Gasteiger partial charge in [0.25, 0.3) is 5.91 Å². The number of likely N-dealkylation sites (tertiary alicyclic amines) is 2. The Morgan fingerprint density at radius 2 is 1.87 bits per heavy atom. The first-order chi connectivity index (χ1) is 18.8. The molecule has 0 aromatic carbocycles. The minimum Gasteiger partial charge on any atom is -0.465 e. The van der Waals surface area contributed by atoms with E-state index >= 15 is 0 Å². The van der Waals surface area contributed by atoms with E-state index in [0.717, 1.165) is 10.4 Å². The molecule has 0 bridgehead atoms. The van der Waals surface area contributed by atoms with Crippen LogP contribution in [0, 0.1) is 11.3 Å². The molecule has 5 rings (SSSR count). The largest absolute Gasteiger partial charge is 0.465 e. The highest BCUT2D eigenvalue weighted by Gasteiger charge is 2.30. The van der Waals surface area contributed by atoms with Gasteiger partial charge in [-0.15, -0.1) is 11.3 Å². The normalized spacial score (nSPS) is 16.7. The number of piperidine rings is 2. The molecule has 13 nitrogen and oxygen atoms in total. The van der Waals surface area contributed by atoms with Gasteiger partial charge in [0.2, 0.25) is 5.91 Å². The molecular formula is C25H29N9O4S. The lowest BCUT2D eigenvalue weighted by Crippen LogP contribution is -2.47. The van der Waals surface area contributed by atoms with E-state index in [4.69, 9.17) is 10.2 Å². The number of carbonyl (C=O) groups excluding carboxylic acids is 2. The molecule has 0 aliphatic carbocycles. The third kappa shape index (κ3) is 5.63. The second kappa shape index (κ2) is 11.2. The predicted molar refractivity (Wildman–Crippen MR) is 142 cm³/mol. The Hall–Kier alpha value is -4.25. The van der Waals surface area contributed by atoms with Crippen LogP contribution < -0.4 is 5.32 Å². The highest BCUT2D eigenvalue weighted by molar-refractivity contribution is 7.16. The monoisotopic (exact) mass is 551 g/mol. The molecule has 0 spiro atoms. The van der Waals surface area contributed by atoms with Gasteiger partial charge in [-0.1, -0.05) is 0 Å². The van der Waals surface area contributed by atoms with Gasteiger partial charge in [-0.25, -0.2) is 19.3 Å². The lowest BCUT2D eigenvalue weighted by molar-refractivity contribution is -0.131. The fourth-order valence-electron chi connectivity index (χ4n) is 5.07. The van der Waals surface area contributed by atoms with E-state index in [1.165, 1.54) is 16.2 Å². The van der Waals surface area contributed by atoms with Crippen molar-refractivity contribution in [1.82, 2.24) is 34.3 Å². The molecule has 0 atom stereocenters. The van der Waals surface area contributed by atoms with Crippen LogP contribution in [0.25, 0.3) is 16.2 Å². The number of amides is 3. The Kier molecular flexibility index (Phi) is 7.60. The Labute approximate surface area is 228 Å². The summed E-state index contributed by atoms with van der Waals surface area (Å²) in [6.45, 7) is 1.95. The number of nitriles is 1. The van der Waals surface area contributed by atoms with Crippen molar-refractivity contribution in [3.05, 3.63) is 29.5 Å². The topological polar surface area (TPSA) is 160 Å². The van der Waals surface area contributed by atoms with Crippen LogP contribution in [0.1, 0.15) is 42.6 Å². The van der Waals surface area contributed by atoms with E-state index in [1.807, 2.05) is 17.6 Å². The number of nitrogens with zero attached hydrogens (tertiary/aromatic N) is 8. The van der Waals surface area contributed by atoms with Gasteiger partial charge in [-0.3, -0.25) is 9.59 Å². The summed E-state index contributed by atoms with van der Waals surface area (Å²) >= 11 is 1.50. The molecule has 5 heterocycles. The van der Waals surface area contributed by atoms with Crippen LogP contribution in [-0.4, -0.2) is 103 Å². The third-order valence-corrected chi connectivity index (χ3v) is 8.24. The first kappa shape index (κ1) is 26.4. The van der Waals surface area contributed by atoms with E-state index in [-0.39, 0.29) is 36.0 Å². The number of carboxylic acid groups (broad SMARTS) is 1. The first-order valence-electron chi connectivity index (χ1n) is 12.8. The summed E-state index contributed by atoms with van der Waals surface area (Å²) in [5.74, 6) is 0.516. The van der Waals surface area contributed by atoms with Gasteiger partial charge in [0.15, 0.2) is 5.82 Å². The predicted octanol–water partition coefficient (Wildman–Crippen LogP) is 2.38. The van der Waals surface area contributed by atoms with Crippen molar-refractivity contribution in [2.24, 2.45) is 0 Å². The number of hydrogen-bond acceptors (Lipinski definition) is 9. The number of hydrogen-bond donors (Lipinski definition) is 2. The number of nitrogens with one attached hydrogen (secondary N) is 1. The van der Waals surface area contributed by atoms with Crippen molar-refractivity contribution in [1.29, 1.82) is 5.26 Å². The Bertz CT molecular complexity index is 1410. The van der Waals surface area contributed by atoms with Crippen LogP contribution in [-0.2, 0) is 4.79 Å². The van der Waals surface area contributed by atoms with Crippen LogP contribution in [0.15, 0.2) is 23.8 Å². The van der Waals surface area contributed by atoms with Crippen molar-refractivity contribution in [3.8, 4) is 17.5 Å². The van der Waals surface area contributed by atoms with Crippen LogP contribution in [0.3, 0.4) is 0 Å². The molecule has 3 aromatic heterocycles. The van der Waals surface area contributed by atoms with Crippen molar-refractivity contribution in [2.45, 2.75) is 44.2 Å². The van der Waals surface area contributed by atoms with Gasteiger partial charge in [0.05, 0.1) is 17.8 Å². The molecule has 0 saturated carbocycles. The van der Waals surface area contributed by atoms with Crippen molar-refractivity contribution < 1.29 is 19.5 Å². The maximum Gasteiger partial charge on any atom is 0.407 e. The van der Waals surface area contributed by atoms with Crippen LogP contribution in [0.5, 0.6) is 0 Å². The second-order valence-electron chi connectivity index (χ2n) is 9.72. The molecule has 0 unspecified atom stereocenters. The Morgan fingerprint density at radius 1 is 1.15 bits per heavy atom. The molecule has 0 radical (unpaired) electrons. The molecule has 2 fully saturated rings. The molecule has 14 heteroatoms. The number of carbonyl (C=O) groups is 3. The summed E-state index contributed by atoms with van der Waals surface area (Å²) in [4.78, 5) is 51.9. The molecule has 2 aliphatic heterocycles. The standard InChI is InChI=1S/C25H29N9O4S/c1-31(25(37)38)17-5-10-33(11-6-17)23(36)19-14-20(28-16-3-8-32(9-4-16)21(35)2-7-26)30-22(29-19)18-15-27-34-12-13-39-24(18)34/h12-17H,2-6,8-11H2,1H3,(H,37,38)(H,28,29,30). The number of aromatic nitrogens is 4. The van der Waals surface area contributed by atoms with Gasteiger partial charge in [0.1, 0.15) is 22.8 Å². The van der Waals surface area contributed by atoms with Crippen LogP contribution >= 0.6 is 11.3 Å². The third-order valence-electron chi connectivity index (χ3n) is 7.35. The lowest BCUT2D eigenvalue weighted by atomic mass is 10.0. The summed E-state index contributed by atoms with van der Waals surface area (Å²) in [5.41, 5.74) is 0.978. The van der Waals surface area contributed by atoms with Gasteiger partial charge in [0, 0.05) is 63.0 Å². The quantitative estimate of drug-likeness (QED) is 0.469. The highest BCUT2D eigenvalue weighted by Crippen LogP contribution is 2.28. The number of thiazole rings is 1. The van der Waals surface area contributed by atoms with E-state index in [1.54, 1.807) is 33.6 Å². The van der Waals surface area contributed by atoms with Crippen molar-refractivity contribution in [3.63, 3.8) is 0 Å². The van der Waals surface area contributed by atoms with Gasteiger partial charge in [-0.05, 0) is 25.7 Å². The fourth-order valence-corrected chi connectivity index (χ4v) is 5.86. The zero-order valence-electron chi connectivity index (χ0n) is 21.5. The van der Waals surface area contributed by atoms with Gasteiger partial charge < -0.3 is 25.1 Å². The minimum atomic E-state index is -0.975. The summed E-state index contributed by atoms with van der Waals surface area (Å²) in [7, 11) is 1.56. The first-order valence-corrected chi connectivity index (χ1v) is 13.7. The SMILES string of the molecule is CN(C(=O)O)C1CCN(C(=O)c2cc(NC3CCN(C(=O)CC#N)CC3)nc(-c3cnn4ccsc34)n2)CC1. The maximum atomic E-state index is 13.6. The zero-order chi connectivity index (χ0) is 27.5. The summed E-state index contributed by atoms with van der Waals surface area (Å²) in [6.07, 6.45) is 4.92. The molecule has 204 valence electrons. The van der Waals surface area contributed by atoms with E-state index in [0.29, 0.717) is 63.5 Å². The molecular weight excluding hydrogens is 522 g/mol. The number of anilines is 1. The summed E-state index contributed by atoms with van der Waals surface area (Å²) < 4.78 is 1.74. The Morgan fingerprint density at radius 3 is 2.56 bits per heavy atom. The molecule has 3 aromatic rings.